The molecule has 1 N–H and O–H groups in total. The van der Waals surface area contributed by atoms with Gasteiger partial charge < -0.3 is 5.32 Å². The normalized spacial score (nSPS) is 22.2. The van der Waals surface area contributed by atoms with E-state index in [9.17, 15) is 8.42 Å². The zero-order valence-electron chi connectivity index (χ0n) is 10.2. The van der Waals surface area contributed by atoms with Crippen LogP contribution < -0.4 is 5.32 Å². The molecule has 1 heterocycles. The van der Waals surface area contributed by atoms with Gasteiger partial charge >= 0.3 is 0 Å². The van der Waals surface area contributed by atoms with Crippen LogP contribution in [0.4, 0.5) is 0 Å². The Labute approximate surface area is 113 Å². The van der Waals surface area contributed by atoms with Crippen LogP contribution in [0.3, 0.4) is 0 Å². The summed E-state index contributed by atoms with van der Waals surface area (Å²) in [5.74, 6) is 1.05. The molecule has 18 heavy (non-hydrogen) atoms. The smallest absolute Gasteiger partial charge is 0.150 e. The van der Waals surface area contributed by atoms with Crippen molar-refractivity contribution in [3.63, 3.8) is 0 Å². The highest BCUT2D eigenvalue weighted by molar-refractivity contribution is 7.91. The third kappa shape index (κ3) is 3.97. The van der Waals surface area contributed by atoms with Gasteiger partial charge in [-0.05, 0) is 36.9 Å². The van der Waals surface area contributed by atoms with Gasteiger partial charge in [0.2, 0.25) is 0 Å². The summed E-state index contributed by atoms with van der Waals surface area (Å²) in [5.41, 5.74) is 1.08. The highest BCUT2D eigenvalue weighted by Gasteiger charge is 2.27. The number of sulfone groups is 1. The highest BCUT2D eigenvalue weighted by Crippen LogP contribution is 2.21. The van der Waals surface area contributed by atoms with Gasteiger partial charge in [-0.1, -0.05) is 29.8 Å². The molecule has 3 nitrogen and oxygen atoms in total. The average Bonchev–Trinajstić information content (AvgIpc) is 2.67. The summed E-state index contributed by atoms with van der Waals surface area (Å²) in [6.07, 6.45) is 1.74. The van der Waals surface area contributed by atoms with Crippen molar-refractivity contribution in [2.45, 2.75) is 19.4 Å². The lowest BCUT2D eigenvalue weighted by Gasteiger charge is -2.09. The number of hydrogen-bond donors (Lipinski definition) is 1. The lowest BCUT2D eigenvalue weighted by molar-refractivity contribution is 0.508. The summed E-state index contributed by atoms with van der Waals surface area (Å²) in [6, 6.07) is 7.75. The number of benzene rings is 1. The Bertz CT molecular complexity index is 501. The molecule has 1 atom stereocenters. The van der Waals surface area contributed by atoms with Crippen LogP contribution in [0.25, 0.3) is 0 Å². The maximum absolute atomic E-state index is 11.3. The molecule has 1 saturated heterocycles. The predicted octanol–water partition coefficient (Wildman–Crippen LogP) is 2.25. The quantitative estimate of drug-likeness (QED) is 0.845. The zero-order chi connectivity index (χ0) is 13.0. The molecule has 1 unspecified atom stereocenters. The van der Waals surface area contributed by atoms with Crippen molar-refractivity contribution in [1.29, 1.82) is 0 Å². The van der Waals surface area contributed by atoms with E-state index in [0.29, 0.717) is 17.4 Å². The van der Waals surface area contributed by atoms with Gasteiger partial charge in [-0.3, -0.25) is 0 Å². The Balaban J connectivity index is 1.70. The fourth-order valence-electron chi connectivity index (χ4n) is 2.27. The van der Waals surface area contributed by atoms with E-state index in [1.807, 2.05) is 24.3 Å². The molecule has 0 spiro atoms. The van der Waals surface area contributed by atoms with Crippen LogP contribution in [-0.4, -0.2) is 26.5 Å². The second-order valence-corrected chi connectivity index (χ2v) is 7.46. The molecule has 1 aliphatic heterocycles. The monoisotopic (exact) mass is 287 g/mol. The van der Waals surface area contributed by atoms with Crippen LogP contribution in [-0.2, 0) is 16.4 Å². The zero-order valence-corrected chi connectivity index (χ0v) is 11.8. The minimum absolute atomic E-state index is 0.328. The first-order valence-electron chi connectivity index (χ1n) is 6.21. The van der Waals surface area contributed by atoms with E-state index in [-0.39, 0.29) is 0 Å². The molecule has 1 fully saturated rings. The molecule has 5 heteroatoms. The van der Waals surface area contributed by atoms with Crippen molar-refractivity contribution in [2.24, 2.45) is 5.92 Å². The van der Waals surface area contributed by atoms with Gasteiger partial charge in [0.1, 0.15) is 0 Å². The fraction of sp³-hybridized carbons (Fsp3) is 0.538. The van der Waals surface area contributed by atoms with E-state index in [1.54, 1.807) is 0 Å². The Morgan fingerprint density at radius 3 is 2.78 bits per heavy atom. The molecular weight excluding hydrogens is 270 g/mol. The summed E-state index contributed by atoms with van der Waals surface area (Å²) >= 11 is 6.05. The molecule has 0 aliphatic carbocycles. The van der Waals surface area contributed by atoms with Crippen molar-refractivity contribution >= 4 is 21.4 Å². The number of hydrogen-bond acceptors (Lipinski definition) is 3. The van der Waals surface area contributed by atoms with Crippen molar-refractivity contribution < 1.29 is 8.42 Å². The van der Waals surface area contributed by atoms with E-state index in [1.165, 1.54) is 0 Å². The molecule has 100 valence electrons. The fourth-order valence-corrected chi connectivity index (χ4v) is 4.38. The highest BCUT2D eigenvalue weighted by atomic mass is 35.5. The Hall–Kier alpha value is -0.580. The van der Waals surface area contributed by atoms with Crippen molar-refractivity contribution in [2.75, 3.05) is 18.1 Å². The Morgan fingerprint density at radius 1 is 1.33 bits per heavy atom. The standard InChI is InChI=1S/C13H18ClNO2S/c14-13-4-2-1-3-12(13)9-15-7-5-11-6-8-18(16,17)10-11/h1-4,11,15H,5-10H2. The van der Waals surface area contributed by atoms with E-state index < -0.39 is 9.84 Å². The van der Waals surface area contributed by atoms with Gasteiger partial charge in [0.15, 0.2) is 9.84 Å². The third-order valence-electron chi connectivity index (χ3n) is 3.33. The predicted molar refractivity (Wildman–Crippen MR) is 74.5 cm³/mol. The number of rotatable bonds is 5. The maximum atomic E-state index is 11.3. The third-order valence-corrected chi connectivity index (χ3v) is 5.54. The Kier molecular flexibility index (Phi) is 4.65. The first-order valence-corrected chi connectivity index (χ1v) is 8.41. The van der Waals surface area contributed by atoms with Crippen LogP contribution in [0.15, 0.2) is 24.3 Å². The molecule has 1 aromatic rings. The molecule has 0 amide bonds. The molecule has 0 bridgehead atoms. The topological polar surface area (TPSA) is 46.2 Å². The summed E-state index contributed by atoms with van der Waals surface area (Å²) in [5, 5.41) is 4.09. The van der Waals surface area contributed by atoms with E-state index in [4.69, 9.17) is 11.6 Å². The van der Waals surface area contributed by atoms with Crippen molar-refractivity contribution in [3.8, 4) is 0 Å². The van der Waals surface area contributed by atoms with Gasteiger partial charge in [-0.2, -0.15) is 0 Å². The van der Waals surface area contributed by atoms with Crippen LogP contribution in [0.1, 0.15) is 18.4 Å². The molecule has 1 aromatic carbocycles. The molecule has 0 radical (unpaired) electrons. The lowest BCUT2D eigenvalue weighted by atomic mass is 10.1. The largest absolute Gasteiger partial charge is 0.313 e. The van der Waals surface area contributed by atoms with Gasteiger partial charge in [0.25, 0.3) is 0 Å². The molecule has 1 aliphatic rings. The summed E-state index contributed by atoms with van der Waals surface area (Å²) in [7, 11) is -2.74. The van der Waals surface area contributed by atoms with Gasteiger partial charge in [0.05, 0.1) is 11.5 Å². The summed E-state index contributed by atoms with van der Waals surface area (Å²) < 4.78 is 22.6. The van der Waals surface area contributed by atoms with Gasteiger partial charge in [-0.15, -0.1) is 0 Å². The molecule has 2 rings (SSSR count). The summed E-state index contributed by atoms with van der Waals surface area (Å²) in [4.78, 5) is 0. The second kappa shape index (κ2) is 6.04. The summed E-state index contributed by atoms with van der Waals surface area (Å²) in [6.45, 7) is 1.57. The van der Waals surface area contributed by atoms with Crippen molar-refractivity contribution in [3.05, 3.63) is 34.9 Å². The molecular formula is C13H18ClNO2S. The van der Waals surface area contributed by atoms with Crippen LogP contribution in [0.5, 0.6) is 0 Å². The van der Waals surface area contributed by atoms with E-state index in [0.717, 1.165) is 36.5 Å². The molecule has 0 saturated carbocycles. The molecule has 0 aromatic heterocycles. The number of halogens is 1. The maximum Gasteiger partial charge on any atom is 0.150 e. The Morgan fingerprint density at radius 2 is 2.11 bits per heavy atom. The van der Waals surface area contributed by atoms with E-state index in [2.05, 4.69) is 5.32 Å². The minimum atomic E-state index is -2.74. The second-order valence-electron chi connectivity index (χ2n) is 4.83. The first kappa shape index (κ1) is 13.8. The number of nitrogens with one attached hydrogen (secondary N) is 1. The van der Waals surface area contributed by atoms with E-state index >= 15 is 0 Å². The van der Waals surface area contributed by atoms with Crippen LogP contribution in [0, 0.1) is 5.92 Å². The SMILES string of the molecule is O=S1(=O)CCC(CCNCc2ccccc2Cl)C1. The first-order chi connectivity index (χ1) is 8.57. The van der Waals surface area contributed by atoms with Crippen LogP contribution >= 0.6 is 11.6 Å². The van der Waals surface area contributed by atoms with Gasteiger partial charge in [0, 0.05) is 11.6 Å². The lowest BCUT2D eigenvalue weighted by Crippen LogP contribution is -2.18. The van der Waals surface area contributed by atoms with Gasteiger partial charge in [-0.25, -0.2) is 8.42 Å². The average molecular weight is 288 g/mol. The van der Waals surface area contributed by atoms with Crippen molar-refractivity contribution in [1.82, 2.24) is 5.32 Å². The van der Waals surface area contributed by atoms with Crippen LogP contribution in [0.2, 0.25) is 5.02 Å². The minimum Gasteiger partial charge on any atom is -0.313 e.